The SMILES string of the molecule is NC(=O)C[C@H]1[C@H](OCCCNC(=O)OCc2ccccc2)O[C@H](CO)[C@H](O)[C@@H]1O. The second-order valence-electron chi connectivity index (χ2n) is 6.75. The molecule has 10 nitrogen and oxygen atoms in total. The third-order valence-corrected chi connectivity index (χ3v) is 4.53. The van der Waals surface area contributed by atoms with Gasteiger partial charge in [0.05, 0.1) is 19.3 Å². The summed E-state index contributed by atoms with van der Waals surface area (Å²) in [6.45, 7) is 0.0577. The Labute approximate surface area is 168 Å². The molecule has 5 atom stereocenters. The average Bonchev–Trinajstić information content (AvgIpc) is 2.71. The lowest BCUT2D eigenvalue weighted by molar-refractivity contribution is -0.285. The predicted molar refractivity (Wildman–Crippen MR) is 100 cm³/mol. The van der Waals surface area contributed by atoms with Gasteiger partial charge in [0.2, 0.25) is 5.91 Å². The van der Waals surface area contributed by atoms with Gasteiger partial charge in [-0.15, -0.1) is 0 Å². The quantitative estimate of drug-likeness (QED) is 0.314. The Morgan fingerprint density at radius 1 is 1.17 bits per heavy atom. The van der Waals surface area contributed by atoms with Crippen LogP contribution in [0.15, 0.2) is 30.3 Å². The zero-order valence-electron chi connectivity index (χ0n) is 16.0. The van der Waals surface area contributed by atoms with E-state index in [4.69, 9.17) is 19.9 Å². The number of hydrogen-bond acceptors (Lipinski definition) is 8. The largest absolute Gasteiger partial charge is 0.445 e. The number of ether oxygens (including phenoxy) is 3. The Morgan fingerprint density at radius 2 is 1.90 bits per heavy atom. The van der Waals surface area contributed by atoms with E-state index >= 15 is 0 Å². The zero-order chi connectivity index (χ0) is 21.2. The van der Waals surface area contributed by atoms with Gasteiger partial charge in [-0.1, -0.05) is 30.3 Å². The summed E-state index contributed by atoms with van der Waals surface area (Å²) in [6.07, 6.45) is -5.15. The number of carbonyl (C=O) groups excluding carboxylic acids is 2. The molecule has 1 heterocycles. The van der Waals surface area contributed by atoms with Crippen molar-refractivity contribution in [2.45, 2.75) is 44.1 Å². The van der Waals surface area contributed by atoms with Crippen LogP contribution >= 0.6 is 0 Å². The van der Waals surface area contributed by atoms with Crippen molar-refractivity contribution in [3.63, 3.8) is 0 Å². The molecule has 1 aliphatic heterocycles. The van der Waals surface area contributed by atoms with Gasteiger partial charge in [0.15, 0.2) is 6.29 Å². The molecular weight excluding hydrogens is 384 g/mol. The van der Waals surface area contributed by atoms with E-state index in [1.165, 1.54) is 0 Å². The molecule has 1 saturated heterocycles. The van der Waals surface area contributed by atoms with Gasteiger partial charge in [-0.25, -0.2) is 4.79 Å². The second-order valence-corrected chi connectivity index (χ2v) is 6.75. The second kappa shape index (κ2) is 11.7. The molecule has 6 N–H and O–H groups in total. The number of amides is 2. The molecule has 2 rings (SSSR count). The lowest BCUT2D eigenvalue weighted by Crippen LogP contribution is -2.57. The maximum Gasteiger partial charge on any atom is 0.407 e. The molecule has 10 heteroatoms. The van der Waals surface area contributed by atoms with Gasteiger partial charge in [-0.2, -0.15) is 0 Å². The highest BCUT2D eigenvalue weighted by molar-refractivity contribution is 5.74. The smallest absolute Gasteiger partial charge is 0.407 e. The topological polar surface area (TPSA) is 161 Å². The molecule has 0 aliphatic carbocycles. The molecule has 29 heavy (non-hydrogen) atoms. The van der Waals surface area contributed by atoms with Crippen LogP contribution in [0, 0.1) is 5.92 Å². The first kappa shape index (κ1) is 23.0. The summed E-state index contributed by atoms with van der Waals surface area (Å²) in [7, 11) is 0. The highest BCUT2D eigenvalue weighted by Crippen LogP contribution is 2.29. The van der Waals surface area contributed by atoms with Crippen LogP contribution in [0.1, 0.15) is 18.4 Å². The lowest BCUT2D eigenvalue weighted by atomic mass is 9.88. The van der Waals surface area contributed by atoms with Crippen molar-refractivity contribution < 1.29 is 39.1 Å². The fourth-order valence-electron chi connectivity index (χ4n) is 2.99. The van der Waals surface area contributed by atoms with Gasteiger partial charge in [-0.3, -0.25) is 4.79 Å². The van der Waals surface area contributed by atoms with Crippen LogP contribution in [0.4, 0.5) is 4.79 Å². The third-order valence-electron chi connectivity index (χ3n) is 4.53. The molecule has 1 aliphatic rings. The lowest BCUT2D eigenvalue weighted by Gasteiger charge is -2.41. The van der Waals surface area contributed by atoms with Crippen molar-refractivity contribution >= 4 is 12.0 Å². The zero-order valence-corrected chi connectivity index (χ0v) is 16.0. The molecule has 1 aromatic rings. The number of carbonyl (C=O) groups is 2. The molecule has 0 unspecified atom stereocenters. The first-order chi connectivity index (χ1) is 13.9. The predicted octanol–water partition coefficient (Wildman–Crippen LogP) is -0.750. The van der Waals surface area contributed by atoms with Gasteiger partial charge >= 0.3 is 6.09 Å². The summed E-state index contributed by atoms with van der Waals surface area (Å²) in [5.74, 6) is -1.54. The Balaban J connectivity index is 1.71. The number of nitrogens with two attached hydrogens (primary N) is 1. The number of alkyl carbamates (subject to hydrolysis) is 1. The van der Waals surface area contributed by atoms with Crippen LogP contribution in [0.25, 0.3) is 0 Å². The van der Waals surface area contributed by atoms with E-state index in [0.29, 0.717) is 6.42 Å². The maximum atomic E-state index is 11.7. The molecule has 0 saturated carbocycles. The number of aliphatic hydroxyl groups is 3. The van der Waals surface area contributed by atoms with Crippen LogP contribution in [0.2, 0.25) is 0 Å². The monoisotopic (exact) mass is 412 g/mol. The molecule has 0 aromatic heterocycles. The normalized spacial score (nSPS) is 26.7. The highest BCUT2D eigenvalue weighted by Gasteiger charge is 2.45. The maximum absolute atomic E-state index is 11.7. The highest BCUT2D eigenvalue weighted by atomic mass is 16.7. The standard InChI is InChI=1S/C19H28N2O8/c20-15(23)9-13-16(24)17(25)14(10-22)29-18(13)27-8-4-7-21-19(26)28-11-12-5-2-1-3-6-12/h1-3,5-6,13-14,16-18,22,24-25H,4,7-11H2,(H2,20,23)(H,21,26)/t13-,14-,16-,17+,18-/m1/s1. The molecule has 0 bridgehead atoms. The summed E-state index contributed by atoms with van der Waals surface area (Å²) >= 11 is 0. The van der Waals surface area contributed by atoms with Gasteiger partial charge in [0.1, 0.15) is 18.8 Å². The van der Waals surface area contributed by atoms with E-state index in [1.54, 1.807) is 0 Å². The van der Waals surface area contributed by atoms with Crippen LogP contribution in [0.5, 0.6) is 0 Å². The molecule has 1 aromatic carbocycles. The van der Waals surface area contributed by atoms with Crippen LogP contribution in [-0.4, -0.2) is 71.7 Å². The molecule has 2 amide bonds. The molecule has 1 fully saturated rings. The molecular formula is C19H28N2O8. The summed E-state index contributed by atoms with van der Waals surface area (Å²) < 4.78 is 16.1. The van der Waals surface area contributed by atoms with Crippen molar-refractivity contribution in [3.05, 3.63) is 35.9 Å². The first-order valence-electron chi connectivity index (χ1n) is 9.39. The molecule has 0 radical (unpaired) electrons. The number of hydrogen-bond donors (Lipinski definition) is 5. The first-order valence-corrected chi connectivity index (χ1v) is 9.39. The number of benzene rings is 1. The Morgan fingerprint density at radius 3 is 2.55 bits per heavy atom. The van der Waals surface area contributed by atoms with Crippen molar-refractivity contribution in [1.29, 1.82) is 0 Å². The van der Waals surface area contributed by atoms with Crippen LogP contribution < -0.4 is 11.1 Å². The summed E-state index contributed by atoms with van der Waals surface area (Å²) in [4.78, 5) is 22.9. The van der Waals surface area contributed by atoms with E-state index in [-0.39, 0.29) is 26.2 Å². The van der Waals surface area contributed by atoms with Crippen LogP contribution in [0.3, 0.4) is 0 Å². The van der Waals surface area contributed by atoms with Crippen molar-refractivity contribution in [2.75, 3.05) is 19.8 Å². The molecule has 162 valence electrons. The number of aliphatic hydroxyl groups excluding tert-OH is 3. The van der Waals surface area contributed by atoms with Gasteiger partial charge in [0.25, 0.3) is 0 Å². The van der Waals surface area contributed by atoms with Gasteiger partial charge in [0, 0.05) is 18.9 Å². The van der Waals surface area contributed by atoms with Crippen molar-refractivity contribution in [3.8, 4) is 0 Å². The van der Waals surface area contributed by atoms with E-state index in [1.807, 2.05) is 30.3 Å². The molecule has 0 spiro atoms. The third kappa shape index (κ3) is 7.26. The summed E-state index contributed by atoms with van der Waals surface area (Å²) in [5.41, 5.74) is 6.06. The minimum Gasteiger partial charge on any atom is -0.445 e. The average molecular weight is 412 g/mol. The van der Waals surface area contributed by atoms with E-state index in [0.717, 1.165) is 5.56 Å². The summed E-state index contributed by atoms with van der Waals surface area (Å²) in [5, 5.41) is 32.0. The minimum atomic E-state index is -1.36. The van der Waals surface area contributed by atoms with Crippen molar-refractivity contribution in [2.24, 2.45) is 11.7 Å². The van der Waals surface area contributed by atoms with E-state index < -0.39 is 49.1 Å². The van der Waals surface area contributed by atoms with E-state index in [9.17, 15) is 24.9 Å². The van der Waals surface area contributed by atoms with Crippen molar-refractivity contribution in [1.82, 2.24) is 5.32 Å². The number of primary amides is 1. The fourth-order valence-corrected chi connectivity index (χ4v) is 2.99. The Hall–Kier alpha value is -2.24. The Kier molecular flexibility index (Phi) is 9.29. The number of rotatable bonds is 10. The summed E-state index contributed by atoms with van der Waals surface area (Å²) in [6, 6.07) is 9.27. The minimum absolute atomic E-state index is 0.139. The van der Waals surface area contributed by atoms with E-state index in [2.05, 4.69) is 5.32 Å². The van der Waals surface area contributed by atoms with Crippen LogP contribution in [-0.2, 0) is 25.6 Å². The Bertz CT molecular complexity index is 644. The van der Waals surface area contributed by atoms with Gasteiger partial charge < -0.3 is 40.6 Å². The number of nitrogens with one attached hydrogen (secondary N) is 1. The van der Waals surface area contributed by atoms with Gasteiger partial charge in [-0.05, 0) is 12.0 Å². The fraction of sp³-hybridized carbons (Fsp3) is 0.579.